The van der Waals surface area contributed by atoms with Crippen LogP contribution in [0.15, 0.2) is 41.8 Å². The first kappa shape index (κ1) is 27.5. The average Bonchev–Trinajstić information content (AvgIpc) is 3.66. The Hall–Kier alpha value is -3.70. The van der Waals surface area contributed by atoms with Gasteiger partial charge in [0.15, 0.2) is 0 Å². The first-order chi connectivity index (χ1) is 20.0. The molecule has 3 aliphatic heterocycles. The minimum absolute atomic E-state index is 0.160. The van der Waals surface area contributed by atoms with Gasteiger partial charge in [-0.2, -0.15) is 5.10 Å². The highest BCUT2D eigenvalue weighted by Crippen LogP contribution is 2.36. The Morgan fingerprint density at radius 2 is 1.83 bits per heavy atom. The summed E-state index contributed by atoms with van der Waals surface area (Å²) in [5.74, 6) is -0.321. The lowest BCUT2D eigenvalue weighted by atomic mass is 9.90. The number of nitrogens with one attached hydrogen (secondary N) is 3. The van der Waals surface area contributed by atoms with E-state index in [-0.39, 0.29) is 17.9 Å². The Morgan fingerprint density at radius 3 is 2.56 bits per heavy atom. The first-order valence-corrected chi connectivity index (χ1v) is 14.9. The minimum atomic E-state index is -0.243. The third kappa shape index (κ3) is 5.73. The summed E-state index contributed by atoms with van der Waals surface area (Å²) in [5, 5.41) is 7.15. The highest BCUT2D eigenvalue weighted by molar-refractivity contribution is 6.02. The molecule has 0 spiro atoms. The third-order valence-corrected chi connectivity index (χ3v) is 9.24. The van der Waals surface area contributed by atoms with E-state index in [2.05, 4.69) is 76.8 Å². The summed E-state index contributed by atoms with van der Waals surface area (Å²) in [6, 6.07) is 7.52. The normalized spacial score (nSPS) is 25.7. The summed E-state index contributed by atoms with van der Waals surface area (Å²) in [6.07, 6.45) is 12.4. The van der Waals surface area contributed by atoms with Gasteiger partial charge in [0.25, 0.3) is 0 Å². The molecule has 1 saturated carbocycles. The molecule has 6 rings (SSSR count). The van der Waals surface area contributed by atoms with Crippen LogP contribution in [0, 0.1) is 0 Å². The molecule has 1 aliphatic carbocycles. The number of piperazine rings is 1. The summed E-state index contributed by atoms with van der Waals surface area (Å²) in [6.45, 7) is 8.74. The Morgan fingerprint density at radius 1 is 1.05 bits per heavy atom. The van der Waals surface area contributed by atoms with Crippen LogP contribution in [0.1, 0.15) is 55.7 Å². The van der Waals surface area contributed by atoms with Crippen LogP contribution in [0.3, 0.4) is 0 Å². The molecule has 2 saturated heterocycles. The van der Waals surface area contributed by atoms with Crippen molar-refractivity contribution in [2.45, 2.75) is 63.1 Å². The van der Waals surface area contributed by atoms with Crippen LogP contribution in [0.2, 0.25) is 0 Å². The number of nitrogens with zero attached hydrogens (tertiary/aromatic N) is 6. The molecule has 2 amide bonds. The van der Waals surface area contributed by atoms with Crippen LogP contribution < -0.4 is 26.0 Å². The molecule has 0 bridgehead atoms. The number of benzene rings is 1. The fourth-order valence-electron chi connectivity index (χ4n) is 6.98. The molecule has 0 unspecified atom stereocenters. The fraction of sp³-hybridized carbons (Fsp3) is 0.533. The largest absolute Gasteiger partial charge is 0.369 e. The van der Waals surface area contributed by atoms with Crippen LogP contribution in [0.5, 0.6) is 0 Å². The lowest BCUT2D eigenvalue weighted by molar-refractivity contribution is -0.134. The molecule has 4 heterocycles. The topological polar surface area (TPSA) is 110 Å². The summed E-state index contributed by atoms with van der Waals surface area (Å²) in [4.78, 5) is 35.5. The van der Waals surface area contributed by atoms with Crippen molar-refractivity contribution in [3.8, 4) is 0 Å². The number of fused-ring (bicyclic) bond motifs is 1. The highest BCUT2D eigenvalue weighted by atomic mass is 16.2. The van der Waals surface area contributed by atoms with E-state index in [1.54, 1.807) is 6.20 Å². The van der Waals surface area contributed by atoms with Crippen molar-refractivity contribution in [3.05, 3.63) is 47.9 Å². The van der Waals surface area contributed by atoms with Gasteiger partial charge < -0.3 is 15.2 Å². The Kier molecular flexibility index (Phi) is 8.06. The van der Waals surface area contributed by atoms with E-state index in [9.17, 15) is 9.59 Å². The number of hydrogen-bond donors (Lipinski definition) is 3. The number of carbonyl (C=O) groups excluding carboxylic acids is 2. The van der Waals surface area contributed by atoms with Crippen LogP contribution in [0.4, 0.5) is 11.4 Å². The number of hydrazine groups is 1. The van der Waals surface area contributed by atoms with Gasteiger partial charge in [-0.05, 0) is 69.0 Å². The van der Waals surface area contributed by atoms with E-state index < -0.39 is 0 Å². The van der Waals surface area contributed by atoms with Gasteiger partial charge in [-0.1, -0.05) is 0 Å². The van der Waals surface area contributed by atoms with E-state index in [0.717, 1.165) is 68.9 Å². The van der Waals surface area contributed by atoms with Crippen molar-refractivity contribution in [2.75, 3.05) is 49.6 Å². The first-order valence-electron chi connectivity index (χ1n) is 14.9. The summed E-state index contributed by atoms with van der Waals surface area (Å²) >= 11 is 0. The molecule has 1 aromatic heterocycles. The van der Waals surface area contributed by atoms with E-state index >= 15 is 0 Å². The SMILES string of the molecule is C=N/C(=C\NNC)c1cnn(C2CCC(N3CCN(c4ccc5c(c4)CCN5[C@@H]4CCC(=O)NC4=O)CC3)CC2)c1. The standard InChI is InChI=1S/C30H41N9O2/c1-31-26(19-33-32-2)22-18-34-39(20-22)24-5-3-23(4-6-24)36-13-15-37(16-14-36)25-7-8-27-21(17-25)11-12-38(27)28-9-10-29(40)35-30(28)41/h7-8,17-20,23-24,28,32-33H,1,3-6,9-16H2,2H3,(H,35,40,41)/b26-19-/t23?,24?,28-/m1/s1. The lowest BCUT2D eigenvalue weighted by Gasteiger charge is -2.42. The van der Waals surface area contributed by atoms with E-state index in [1.807, 2.05) is 13.2 Å². The molecule has 11 heteroatoms. The minimum Gasteiger partial charge on any atom is -0.369 e. The quantitative estimate of drug-likeness (QED) is 0.256. The Bertz CT molecular complexity index is 1300. The van der Waals surface area contributed by atoms with Crippen LogP contribution in [-0.2, 0) is 16.0 Å². The zero-order chi connectivity index (χ0) is 28.3. The maximum Gasteiger partial charge on any atom is 0.249 e. The zero-order valence-electron chi connectivity index (χ0n) is 23.9. The monoisotopic (exact) mass is 559 g/mol. The fourth-order valence-corrected chi connectivity index (χ4v) is 6.98. The number of anilines is 2. The number of piperidine rings is 1. The van der Waals surface area contributed by atoms with Crippen molar-refractivity contribution < 1.29 is 9.59 Å². The maximum absolute atomic E-state index is 12.4. The van der Waals surface area contributed by atoms with Crippen molar-refractivity contribution in [1.29, 1.82) is 0 Å². The Balaban J connectivity index is 1.00. The van der Waals surface area contributed by atoms with Gasteiger partial charge in [0.1, 0.15) is 6.04 Å². The Labute approximate surface area is 241 Å². The second-order valence-electron chi connectivity index (χ2n) is 11.5. The van der Waals surface area contributed by atoms with Crippen molar-refractivity contribution in [2.24, 2.45) is 4.99 Å². The second kappa shape index (κ2) is 12.0. The van der Waals surface area contributed by atoms with E-state index in [1.165, 1.54) is 24.1 Å². The maximum atomic E-state index is 12.4. The van der Waals surface area contributed by atoms with Gasteiger partial charge in [0.05, 0.1) is 17.9 Å². The van der Waals surface area contributed by atoms with Crippen molar-refractivity contribution >= 4 is 35.6 Å². The molecule has 3 N–H and O–H groups in total. The molecule has 4 aliphatic rings. The molecule has 0 radical (unpaired) electrons. The second-order valence-corrected chi connectivity index (χ2v) is 11.5. The van der Waals surface area contributed by atoms with Gasteiger partial charge >= 0.3 is 0 Å². The van der Waals surface area contributed by atoms with Crippen LogP contribution >= 0.6 is 0 Å². The molecular formula is C30H41N9O2. The van der Waals surface area contributed by atoms with Crippen molar-refractivity contribution in [3.63, 3.8) is 0 Å². The molecule has 1 atom stereocenters. The highest BCUT2D eigenvalue weighted by Gasteiger charge is 2.35. The number of aliphatic imine (C=N–C) groups is 1. The summed E-state index contributed by atoms with van der Waals surface area (Å²) in [7, 11) is 1.81. The number of carbonyl (C=O) groups is 2. The molecular weight excluding hydrogens is 518 g/mol. The van der Waals surface area contributed by atoms with E-state index in [0.29, 0.717) is 24.9 Å². The molecule has 2 aromatic rings. The average molecular weight is 560 g/mol. The molecule has 11 nitrogen and oxygen atoms in total. The number of imide groups is 1. The predicted molar refractivity (Wildman–Crippen MR) is 161 cm³/mol. The van der Waals surface area contributed by atoms with Gasteiger partial charge in [-0.25, -0.2) is 5.43 Å². The summed E-state index contributed by atoms with van der Waals surface area (Å²) < 4.78 is 2.11. The number of rotatable bonds is 8. The smallest absolute Gasteiger partial charge is 0.249 e. The van der Waals surface area contributed by atoms with Gasteiger partial charge in [0.2, 0.25) is 11.8 Å². The number of amides is 2. The summed E-state index contributed by atoms with van der Waals surface area (Å²) in [5.41, 5.74) is 11.3. The molecule has 218 valence electrons. The zero-order valence-corrected chi connectivity index (χ0v) is 23.9. The van der Waals surface area contributed by atoms with E-state index in [4.69, 9.17) is 0 Å². The third-order valence-electron chi connectivity index (χ3n) is 9.24. The number of aromatic nitrogens is 2. The van der Waals surface area contributed by atoms with Gasteiger partial charge in [-0.15, -0.1) is 0 Å². The molecule has 1 aromatic carbocycles. The lowest BCUT2D eigenvalue weighted by Crippen LogP contribution is -2.52. The van der Waals surface area contributed by atoms with Crippen LogP contribution in [0.25, 0.3) is 5.70 Å². The van der Waals surface area contributed by atoms with Crippen molar-refractivity contribution in [1.82, 2.24) is 30.8 Å². The van der Waals surface area contributed by atoms with Gasteiger partial charge in [-0.3, -0.25) is 29.5 Å². The van der Waals surface area contributed by atoms with Gasteiger partial charge in [0, 0.05) is 81.6 Å². The molecule has 41 heavy (non-hydrogen) atoms. The van der Waals surface area contributed by atoms with Crippen LogP contribution in [-0.4, -0.2) is 85.1 Å². The molecule has 3 fully saturated rings. The predicted octanol–water partition coefficient (Wildman–Crippen LogP) is 2.08. The number of hydrogen-bond acceptors (Lipinski definition) is 9.